The predicted molar refractivity (Wildman–Crippen MR) is 46.7 cm³/mol. The molecule has 11 heavy (non-hydrogen) atoms. The number of oxime groups is 1. The van der Waals surface area contributed by atoms with Crippen molar-refractivity contribution in [3.8, 4) is 0 Å². The van der Waals surface area contributed by atoms with Crippen LogP contribution in [-0.4, -0.2) is 11.8 Å². The van der Waals surface area contributed by atoms with Crippen molar-refractivity contribution in [3.05, 3.63) is 0 Å². The molecule has 1 rings (SSSR count). The first-order chi connectivity index (χ1) is 5.33. The van der Waals surface area contributed by atoms with E-state index in [-0.39, 0.29) is 0 Å². The maximum atomic E-state index is 5.34. The number of hydrogen-bond acceptors (Lipinski definition) is 2. The van der Waals surface area contributed by atoms with E-state index >= 15 is 0 Å². The number of nitrogens with zero attached hydrogens (tertiary/aromatic N) is 1. The minimum absolute atomic E-state index is 0.413. The SMILES string of the molecule is CC/C(C)=N/OC1CCCC1. The summed E-state index contributed by atoms with van der Waals surface area (Å²) in [5.74, 6) is 0. The van der Waals surface area contributed by atoms with Gasteiger partial charge in [0.05, 0.1) is 5.71 Å². The quantitative estimate of drug-likeness (QED) is 0.453. The van der Waals surface area contributed by atoms with Crippen LogP contribution >= 0.6 is 0 Å². The Balaban J connectivity index is 2.19. The molecule has 0 N–H and O–H groups in total. The zero-order valence-corrected chi connectivity index (χ0v) is 7.47. The average Bonchev–Trinajstić information content (AvgIpc) is 2.52. The summed E-state index contributed by atoms with van der Waals surface area (Å²) in [5, 5.41) is 4.04. The first kappa shape index (κ1) is 8.57. The molecule has 1 aliphatic rings. The molecule has 1 saturated carbocycles. The van der Waals surface area contributed by atoms with Crippen molar-refractivity contribution in [3.63, 3.8) is 0 Å². The Morgan fingerprint density at radius 2 is 2.09 bits per heavy atom. The Morgan fingerprint density at radius 3 is 2.64 bits per heavy atom. The fourth-order valence-corrected chi connectivity index (χ4v) is 1.22. The summed E-state index contributed by atoms with van der Waals surface area (Å²) >= 11 is 0. The van der Waals surface area contributed by atoms with E-state index in [9.17, 15) is 0 Å². The molecule has 0 saturated heterocycles. The lowest BCUT2D eigenvalue weighted by Crippen LogP contribution is -2.04. The van der Waals surface area contributed by atoms with E-state index in [1.165, 1.54) is 25.7 Å². The van der Waals surface area contributed by atoms with Gasteiger partial charge >= 0.3 is 0 Å². The molecular formula is C9H17NO. The first-order valence-electron chi connectivity index (χ1n) is 4.52. The molecule has 64 valence electrons. The summed E-state index contributed by atoms with van der Waals surface area (Å²) in [6.07, 6.45) is 6.42. The lowest BCUT2D eigenvalue weighted by molar-refractivity contribution is 0.0639. The Kier molecular flexibility index (Phi) is 3.40. The topological polar surface area (TPSA) is 21.6 Å². The zero-order chi connectivity index (χ0) is 8.10. The van der Waals surface area contributed by atoms with Gasteiger partial charge in [0.25, 0.3) is 0 Å². The van der Waals surface area contributed by atoms with E-state index in [4.69, 9.17) is 4.84 Å². The van der Waals surface area contributed by atoms with E-state index in [0.717, 1.165) is 12.1 Å². The second kappa shape index (κ2) is 4.37. The molecule has 0 aliphatic heterocycles. The Bertz CT molecular complexity index is 136. The van der Waals surface area contributed by atoms with Gasteiger partial charge in [-0.25, -0.2) is 0 Å². The molecule has 1 fully saturated rings. The van der Waals surface area contributed by atoms with Crippen LogP contribution in [0.1, 0.15) is 46.0 Å². The van der Waals surface area contributed by atoms with Crippen LogP contribution in [0.5, 0.6) is 0 Å². The second-order valence-electron chi connectivity index (χ2n) is 3.19. The lowest BCUT2D eigenvalue weighted by atomic mass is 10.3. The molecule has 1 aliphatic carbocycles. The van der Waals surface area contributed by atoms with Gasteiger partial charge in [0, 0.05) is 0 Å². The third kappa shape index (κ3) is 2.91. The monoisotopic (exact) mass is 155 g/mol. The van der Waals surface area contributed by atoms with E-state index in [0.29, 0.717) is 6.10 Å². The first-order valence-corrected chi connectivity index (χ1v) is 4.52. The molecule has 2 heteroatoms. The average molecular weight is 155 g/mol. The van der Waals surface area contributed by atoms with Crippen molar-refractivity contribution in [1.82, 2.24) is 0 Å². The van der Waals surface area contributed by atoms with Gasteiger partial charge in [-0.2, -0.15) is 0 Å². The van der Waals surface area contributed by atoms with Crippen LogP contribution in [-0.2, 0) is 4.84 Å². The van der Waals surface area contributed by atoms with Crippen LogP contribution in [0.15, 0.2) is 5.16 Å². The highest BCUT2D eigenvalue weighted by Crippen LogP contribution is 2.20. The van der Waals surface area contributed by atoms with Crippen LogP contribution < -0.4 is 0 Å². The van der Waals surface area contributed by atoms with Crippen molar-refractivity contribution >= 4 is 5.71 Å². The summed E-state index contributed by atoms with van der Waals surface area (Å²) in [5.41, 5.74) is 1.09. The molecule has 2 nitrogen and oxygen atoms in total. The Labute approximate surface area is 68.6 Å². The van der Waals surface area contributed by atoms with Crippen molar-refractivity contribution in [1.29, 1.82) is 0 Å². The van der Waals surface area contributed by atoms with Crippen LogP contribution in [0.3, 0.4) is 0 Å². The largest absolute Gasteiger partial charge is 0.393 e. The molecule has 0 aromatic heterocycles. The highest BCUT2D eigenvalue weighted by Gasteiger charge is 2.15. The normalized spacial score (nSPS) is 20.7. The molecule has 0 spiro atoms. The molecule has 0 aromatic rings. The van der Waals surface area contributed by atoms with Gasteiger partial charge in [0.1, 0.15) is 6.10 Å². The van der Waals surface area contributed by atoms with Crippen LogP contribution in [0.4, 0.5) is 0 Å². The molecule has 0 aromatic carbocycles. The highest BCUT2D eigenvalue weighted by atomic mass is 16.6. The fourth-order valence-electron chi connectivity index (χ4n) is 1.22. The second-order valence-corrected chi connectivity index (χ2v) is 3.19. The van der Waals surface area contributed by atoms with Gasteiger partial charge in [-0.3, -0.25) is 0 Å². The fraction of sp³-hybridized carbons (Fsp3) is 0.889. The minimum Gasteiger partial charge on any atom is -0.393 e. The van der Waals surface area contributed by atoms with Crippen molar-refractivity contribution in [2.75, 3.05) is 0 Å². The minimum atomic E-state index is 0.413. The van der Waals surface area contributed by atoms with Crippen molar-refractivity contribution in [2.45, 2.75) is 52.1 Å². The Morgan fingerprint density at radius 1 is 1.45 bits per heavy atom. The molecule has 0 radical (unpaired) electrons. The summed E-state index contributed by atoms with van der Waals surface area (Å²) < 4.78 is 0. The molecule has 0 atom stereocenters. The molecule has 0 unspecified atom stereocenters. The maximum absolute atomic E-state index is 5.34. The number of hydrogen-bond donors (Lipinski definition) is 0. The van der Waals surface area contributed by atoms with Crippen LogP contribution in [0.25, 0.3) is 0 Å². The summed E-state index contributed by atoms with van der Waals surface area (Å²) in [7, 11) is 0. The standard InChI is InChI=1S/C9H17NO/c1-3-8(2)10-11-9-6-4-5-7-9/h9H,3-7H2,1-2H3/b10-8+. The third-order valence-corrected chi connectivity index (χ3v) is 2.17. The lowest BCUT2D eigenvalue weighted by Gasteiger charge is -2.06. The van der Waals surface area contributed by atoms with E-state index in [2.05, 4.69) is 12.1 Å². The van der Waals surface area contributed by atoms with Gasteiger partial charge in [0.15, 0.2) is 0 Å². The maximum Gasteiger partial charge on any atom is 0.127 e. The van der Waals surface area contributed by atoms with Crippen molar-refractivity contribution in [2.24, 2.45) is 5.16 Å². The van der Waals surface area contributed by atoms with Crippen LogP contribution in [0.2, 0.25) is 0 Å². The number of rotatable bonds is 3. The van der Waals surface area contributed by atoms with E-state index in [1.807, 2.05) is 6.92 Å². The molecule has 0 heterocycles. The van der Waals surface area contributed by atoms with E-state index in [1.54, 1.807) is 0 Å². The van der Waals surface area contributed by atoms with Gasteiger partial charge in [-0.1, -0.05) is 12.1 Å². The third-order valence-electron chi connectivity index (χ3n) is 2.17. The Hall–Kier alpha value is -0.530. The highest BCUT2D eigenvalue weighted by molar-refractivity contribution is 5.80. The smallest absolute Gasteiger partial charge is 0.127 e. The van der Waals surface area contributed by atoms with E-state index < -0.39 is 0 Å². The summed E-state index contributed by atoms with van der Waals surface area (Å²) in [6, 6.07) is 0. The molecule has 0 amide bonds. The van der Waals surface area contributed by atoms with Gasteiger partial charge in [-0.15, -0.1) is 0 Å². The summed E-state index contributed by atoms with van der Waals surface area (Å²) in [6.45, 7) is 4.10. The van der Waals surface area contributed by atoms with Gasteiger partial charge in [0.2, 0.25) is 0 Å². The predicted octanol–water partition coefficient (Wildman–Crippen LogP) is 2.73. The van der Waals surface area contributed by atoms with Crippen LogP contribution in [0, 0.1) is 0 Å². The van der Waals surface area contributed by atoms with Gasteiger partial charge < -0.3 is 4.84 Å². The van der Waals surface area contributed by atoms with Gasteiger partial charge in [-0.05, 0) is 39.0 Å². The zero-order valence-electron chi connectivity index (χ0n) is 7.47. The summed E-state index contributed by atoms with van der Waals surface area (Å²) in [4.78, 5) is 5.34. The molecule has 0 bridgehead atoms. The van der Waals surface area contributed by atoms with Crippen molar-refractivity contribution < 1.29 is 4.84 Å². The molecular weight excluding hydrogens is 138 g/mol.